The van der Waals surface area contributed by atoms with E-state index in [4.69, 9.17) is 37.4 Å². The highest BCUT2D eigenvalue weighted by atomic mass is 35.5. The molecular weight excluding hydrogens is 587 g/mol. The van der Waals surface area contributed by atoms with Crippen LogP contribution >= 0.6 is 23.2 Å². The second kappa shape index (κ2) is 13.2. The number of nitrogens with zero attached hydrogens (tertiary/aromatic N) is 1. The number of ether oxygens (including phenoxy) is 3. The van der Waals surface area contributed by atoms with Gasteiger partial charge in [-0.05, 0) is 61.0 Å². The number of amides is 1. The Morgan fingerprint density at radius 1 is 0.854 bits per heavy atom. The highest BCUT2D eigenvalue weighted by molar-refractivity contribution is 7.92. The largest absolute Gasteiger partial charge is 0.495 e. The number of halogens is 2. The van der Waals surface area contributed by atoms with E-state index in [0.717, 1.165) is 11.1 Å². The summed E-state index contributed by atoms with van der Waals surface area (Å²) in [4.78, 5) is 12.8. The normalized spacial score (nSPS) is 11.0. The van der Waals surface area contributed by atoms with Gasteiger partial charge in [-0.2, -0.15) is 0 Å². The molecule has 0 bridgehead atoms. The van der Waals surface area contributed by atoms with Crippen LogP contribution in [-0.2, 0) is 21.4 Å². The SMILES string of the molecule is COc1cc(NC(=O)COc2ccc(N(Cc3ccc(Cl)cc3)S(=O)(=O)c3ccc(C)cc3)cc2)c(OC)cc1Cl. The van der Waals surface area contributed by atoms with E-state index < -0.39 is 15.9 Å². The van der Waals surface area contributed by atoms with Gasteiger partial charge in [0.25, 0.3) is 15.9 Å². The molecule has 41 heavy (non-hydrogen) atoms. The first-order valence-corrected chi connectivity index (χ1v) is 14.6. The first-order chi connectivity index (χ1) is 19.6. The van der Waals surface area contributed by atoms with E-state index in [2.05, 4.69) is 5.32 Å². The number of anilines is 2. The lowest BCUT2D eigenvalue weighted by molar-refractivity contribution is -0.118. The second-order valence-corrected chi connectivity index (χ2v) is 11.7. The molecule has 0 aliphatic rings. The van der Waals surface area contributed by atoms with E-state index >= 15 is 0 Å². The molecule has 0 aliphatic heterocycles. The van der Waals surface area contributed by atoms with Crippen LogP contribution in [0.15, 0.2) is 89.8 Å². The fourth-order valence-corrected chi connectivity index (χ4v) is 5.72. The van der Waals surface area contributed by atoms with E-state index in [-0.39, 0.29) is 18.0 Å². The van der Waals surface area contributed by atoms with Crippen molar-refractivity contribution in [3.63, 3.8) is 0 Å². The van der Waals surface area contributed by atoms with Crippen molar-refractivity contribution in [3.8, 4) is 17.2 Å². The molecule has 0 radical (unpaired) electrons. The van der Waals surface area contributed by atoms with Gasteiger partial charge >= 0.3 is 0 Å². The number of methoxy groups -OCH3 is 2. The first kappa shape index (κ1) is 30.0. The monoisotopic (exact) mass is 614 g/mol. The summed E-state index contributed by atoms with van der Waals surface area (Å²) in [6.07, 6.45) is 0. The van der Waals surface area contributed by atoms with Crippen molar-refractivity contribution in [2.24, 2.45) is 0 Å². The molecule has 4 aromatic carbocycles. The molecule has 0 aliphatic carbocycles. The molecule has 0 saturated heterocycles. The molecular formula is C30H28Cl2N2O6S. The average molecular weight is 616 g/mol. The molecule has 0 aromatic heterocycles. The molecule has 0 atom stereocenters. The predicted octanol–water partition coefficient (Wildman–Crippen LogP) is 6.73. The molecule has 0 spiro atoms. The number of hydrogen-bond donors (Lipinski definition) is 1. The summed E-state index contributed by atoms with van der Waals surface area (Å²) in [7, 11) is -0.978. The van der Waals surface area contributed by atoms with E-state index in [1.54, 1.807) is 78.9 Å². The molecule has 8 nitrogen and oxygen atoms in total. The maximum Gasteiger partial charge on any atom is 0.264 e. The maximum absolute atomic E-state index is 13.7. The number of aryl methyl sites for hydroxylation is 1. The van der Waals surface area contributed by atoms with Crippen LogP contribution in [0.3, 0.4) is 0 Å². The summed E-state index contributed by atoms with van der Waals surface area (Å²) in [5, 5.41) is 3.61. The minimum absolute atomic E-state index is 0.0857. The third kappa shape index (κ3) is 7.43. The second-order valence-electron chi connectivity index (χ2n) is 8.97. The summed E-state index contributed by atoms with van der Waals surface area (Å²) >= 11 is 12.1. The fourth-order valence-electron chi connectivity index (χ4n) is 3.91. The number of benzene rings is 4. The van der Waals surface area contributed by atoms with Crippen molar-refractivity contribution in [2.45, 2.75) is 18.4 Å². The summed E-state index contributed by atoms with van der Waals surface area (Å²) in [6.45, 7) is 1.68. The highest BCUT2D eigenvalue weighted by Gasteiger charge is 2.25. The van der Waals surface area contributed by atoms with Crippen LogP contribution in [0.5, 0.6) is 17.2 Å². The van der Waals surface area contributed by atoms with Crippen LogP contribution in [0.2, 0.25) is 10.0 Å². The standard InChI is InChI=1S/C30H28Cl2N2O6S/c1-20-4-14-25(15-5-20)41(36,37)34(18-21-6-8-22(31)9-7-21)23-10-12-24(13-11-23)40-19-30(35)33-27-17-28(38-2)26(32)16-29(27)39-3/h4-17H,18-19H2,1-3H3,(H,33,35). The van der Waals surface area contributed by atoms with Crippen molar-refractivity contribution in [1.29, 1.82) is 0 Å². The molecule has 0 saturated carbocycles. The van der Waals surface area contributed by atoms with Crippen LogP contribution in [0.25, 0.3) is 0 Å². The lowest BCUT2D eigenvalue weighted by Crippen LogP contribution is -2.30. The molecule has 1 N–H and O–H groups in total. The van der Waals surface area contributed by atoms with E-state index in [0.29, 0.717) is 38.7 Å². The van der Waals surface area contributed by atoms with Gasteiger partial charge in [-0.25, -0.2) is 8.42 Å². The highest BCUT2D eigenvalue weighted by Crippen LogP contribution is 2.36. The van der Waals surface area contributed by atoms with Gasteiger partial charge in [0.2, 0.25) is 0 Å². The van der Waals surface area contributed by atoms with Crippen molar-refractivity contribution < 1.29 is 27.4 Å². The molecule has 4 aromatic rings. The molecule has 0 heterocycles. The van der Waals surface area contributed by atoms with Gasteiger partial charge in [-0.3, -0.25) is 9.10 Å². The predicted molar refractivity (Wildman–Crippen MR) is 161 cm³/mol. The van der Waals surface area contributed by atoms with E-state index in [9.17, 15) is 13.2 Å². The van der Waals surface area contributed by atoms with Crippen LogP contribution in [0.4, 0.5) is 11.4 Å². The van der Waals surface area contributed by atoms with Crippen molar-refractivity contribution in [3.05, 3.63) is 106 Å². The lowest BCUT2D eigenvalue weighted by Gasteiger charge is -2.25. The summed E-state index contributed by atoms with van der Waals surface area (Å²) in [5.74, 6) is 0.680. The number of carbonyl (C=O) groups is 1. The van der Waals surface area contributed by atoms with Gasteiger partial charge in [0.1, 0.15) is 17.2 Å². The van der Waals surface area contributed by atoms with Crippen molar-refractivity contribution >= 4 is 50.5 Å². The Bertz CT molecular complexity index is 1610. The number of carbonyl (C=O) groups excluding carboxylic acids is 1. The summed E-state index contributed by atoms with van der Waals surface area (Å²) in [6, 6.07) is 23.2. The summed E-state index contributed by atoms with van der Waals surface area (Å²) < 4.78 is 44.8. The molecule has 4 rings (SSSR count). The van der Waals surface area contributed by atoms with Gasteiger partial charge in [-0.15, -0.1) is 0 Å². The van der Waals surface area contributed by atoms with Crippen LogP contribution < -0.4 is 23.8 Å². The molecule has 0 fully saturated rings. The van der Waals surface area contributed by atoms with Crippen LogP contribution in [-0.4, -0.2) is 35.2 Å². The zero-order valence-corrected chi connectivity index (χ0v) is 24.9. The number of nitrogens with one attached hydrogen (secondary N) is 1. The lowest BCUT2D eigenvalue weighted by atomic mass is 10.2. The summed E-state index contributed by atoms with van der Waals surface area (Å²) in [5.41, 5.74) is 2.51. The maximum atomic E-state index is 13.7. The third-order valence-corrected chi connectivity index (χ3v) is 8.43. The van der Waals surface area contributed by atoms with Gasteiger partial charge in [-0.1, -0.05) is 53.0 Å². The van der Waals surface area contributed by atoms with Crippen LogP contribution in [0.1, 0.15) is 11.1 Å². The average Bonchev–Trinajstić information content (AvgIpc) is 2.97. The van der Waals surface area contributed by atoms with Gasteiger partial charge in [0.15, 0.2) is 6.61 Å². The topological polar surface area (TPSA) is 94.2 Å². The Morgan fingerprint density at radius 2 is 1.49 bits per heavy atom. The minimum Gasteiger partial charge on any atom is -0.495 e. The third-order valence-electron chi connectivity index (χ3n) is 6.09. The smallest absolute Gasteiger partial charge is 0.264 e. The fraction of sp³-hybridized carbons (Fsp3) is 0.167. The van der Waals surface area contributed by atoms with Crippen LogP contribution in [0, 0.1) is 6.92 Å². The Balaban J connectivity index is 1.51. The Kier molecular flexibility index (Phi) is 9.65. The van der Waals surface area contributed by atoms with Crippen molar-refractivity contribution in [1.82, 2.24) is 0 Å². The van der Waals surface area contributed by atoms with Gasteiger partial charge in [0, 0.05) is 17.2 Å². The van der Waals surface area contributed by atoms with Crippen molar-refractivity contribution in [2.75, 3.05) is 30.4 Å². The van der Waals surface area contributed by atoms with Gasteiger partial charge < -0.3 is 19.5 Å². The minimum atomic E-state index is -3.90. The van der Waals surface area contributed by atoms with E-state index in [1.165, 1.54) is 24.6 Å². The zero-order chi connectivity index (χ0) is 29.6. The Morgan fingerprint density at radius 3 is 2.10 bits per heavy atom. The van der Waals surface area contributed by atoms with Gasteiger partial charge in [0.05, 0.1) is 42.1 Å². The Labute approximate surface area is 249 Å². The number of sulfonamides is 1. The molecule has 1 amide bonds. The zero-order valence-electron chi connectivity index (χ0n) is 22.6. The molecule has 214 valence electrons. The Hall–Kier alpha value is -3.92. The molecule has 0 unspecified atom stereocenters. The molecule has 11 heteroatoms. The quantitative estimate of drug-likeness (QED) is 0.201. The number of rotatable bonds is 11. The number of hydrogen-bond acceptors (Lipinski definition) is 6. The van der Waals surface area contributed by atoms with E-state index in [1.807, 2.05) is 6.92 Å². The first-order valence-electron chi connectivity index (χ1n) is 12.4.